The molecule has 1 atom stereocenters. The van der Waals surface area contributed by atoms with Gasteiger partial charge in [0, 0.05) is 11.8 Å². The fourth-order valence-corrected chi connectivity index (χ4v) is 3.54. The molecule has 0 aliphatic rings. The number of nitrogens with two attached hydrogens (primary N) is 1. The summed E-state index contributed by atoms with van der Waals surface area (Å²) >= 11 is 6.67. The molecule has 2 heterocycles. The minimum atomic E-state index is -4.59. The summed E-state index contributed by atoms with van der Waals surface area (Å²) in [5, 5.41) is 5.05. The molecule has 4 N–H and O–H groups in total. The predicted octanol–water partition coefficient (Wildman–Crippen LogP) is 3.93. The highest BCUT2D eigenvalue weighted by Crippen LogP contribution is 2.36. The van der Waals surface area contributed by atoms with Crippen molar-refractivity contribution in [2.45, 2.75) is 19.1 Å². The average molecular weight is 471 g/mol. The van der Waals surface area contributed by atoms with Crippen LogP contribution in [0.5, 0.6) is 0 Å². The second kappa shape index (κ2) is 8.86. The van der Waals surface area contributed by atoms with Crippen molar-refractivity contribution in [1.82, 2.24) is 20.3 Å². The van der Waals surface area contributed by atoms with Crippen LogP contribution in [0, 0.1) is 0 Å². The molecule has 0 aliphatic heterocycles. The number of benzene rings is 1. The molecule has 2 amide bonds. The standard InChI is InChI=1S/C18H14ClF3N6O2S/c1-8(27-15(29)12-5-14(23)26-7-25-12)17-24-6-13(31-17)16(30)28-9-2-3-10(11(19)4-9)18(20,21)22/h2-8H,1H3,(H,27,29)(H,28,30)(H2,23,25,26). The Balaban J connectivity index is 1.66. The fourth-order valence-electron chi connectivity index (χ4n) is 2.44. The number of aromatic nitrogens is 3. The van der Waals surface area contributed by atoms with Gasteiger partial charge in [0.2, 0.25) is 0 Å². The highest BCUT2D eigenvalue weighted by Gasteiger charge is 2.33. The number of carbonyl (C=O) groups excluding carboxylic acids is 2. The molecule has 162 valence electrons. The molecule has 13 heteroatoms. The van der Waals surface area contributed by atoms with E-state index in [1.165, 1.54) is 12.3 Å². The molecule has 0 radical (unpaired) electrons. The smallest absolute Gasteiger partial charge is 0.384 e. The maximum Gasteiger partial charge on any atom is 0.417 e. The first kappa shape index (κ1) is 22.4. The van der Waals surface area contributed by atoms with Crippen molar-refractivity contribution in [3.8, 4) is 0 Å². The lowest BCUT2D eigenvalue weighted by molar-refractivity contribution is -0.137. The lowest BCUT2D eigenvalue weighted by Gasteiger charge is -2.11. The molecular weight excluding hydrogens is 457 g/mol. The van der Waals surface area contributed by atoms with E-state index in [1.807, 2.05) is 0 Å². The quantitative estimate of drug-likeness (QED) is 0.519. The fraction of sp³-hybridized carbons (Fsp3) is 0.167. The van der Waals surface area contributed by atoms with Crippen molar-refractivity contribution in [3.05, 3.63) is 63.0 Å². The van der Waals surface area contributed by atoms with Crippen LogP contribution in [-0.2, 0) is 6.18 Å². The first-order chi connectivity index (χ1) is 14.5. The number of hydrogen-bond donors (Lipinski definition) is 3. The van der Waals surface area contributed by atoms with E-state index in [9.17, 15) is 22.8 Å². The number of halogens is 4. The predicted molar refractivity (Wildman–Crippen MR) is 109 cm³/mol. The van der Waals surface area contributed by atoms with E-state index in [1.54, 1.807) is 6.92 Å². The van der Waals surface area contributed by atoms with Crippen LogP contribution in [0.1, 0.15) is 43.7 Å². The van der Waals surface area contributed by atoms with Crippen LogP contribution in [0.15, 0.2) is 36.8 Å². The average Bonchev–Trinajstić information content (AvgIpc) is 3.17. The Kier molecular flexibility index (Phi) is 6.41. The van der Waals surface area contributed by atoms with Crippen molar-refractivity contribution < 1.29 is 22.8 Å². The summed E-state index contributed by atoms with van der Waals surface area (Å²) in [6, 6.07) is 3.67. The van der Waals surface area contributed by atoms with Gasteiger partial charge in [-0.2, -0.15) is 13.2 Å². The Morgan fingerprint density at radius 2 is 1.90 bits per heavy atom. The first-order valence-electron chi connectivity index (χ1n) is 8.57. The molecule has 0 spiro atoms. The zero-order chi connectivity index (χ0) is 22.8. The number of thiazole rings is 1. The third-order valence-corrected chi connectivity index (χ3v) is 5.41. The van der Waals surface area contributed by atoms with Gasteiger partial charge in [-0.3, -0.25) is 9.59 Å². The molecule has 1 unspecified atom stereocenters. The number of carbonyl (C=O) groups is 2. The van der Waals surface area contributed by atoms with Crippen LogP contribution in [0.2, 0.25) is 5.02 Å². The van der Waals surface area contributed by atoms with Crippen LogP contribution in [0.3, 0.4) is 0 Å². The first-order valence-corrected chi connectivity index (χ1v) is 9.76. The summed E-state index contributed by atoms with van der Waals surface area (Å²) < 4.78 is 38.3. The van der Waals surface area contributed by atoms with Crippen LogP contribution in [0.25, 0.3) is 0 Å². The molecule has 8 nitrogen and oxygen atoms in total. The molecule has 0 saturated heterocycles. The molecule has 0 saturated carbocycles. The lowest BCUT2D eigenvalue weighted by atomic mass is 10.2. The second-order valence-electron chi connectivity index (χ2n) is 6.23. The summed E-state index contributed by atoms with van der Waals surface area (Å²) in [5.74, 6) is -0.937. The lowest BCUT2D eigenvalue weighted by Crippen LogP contribution is -2.27. The molecule has 1 aromatic carbocycles. The second-order valence-corrected chi connectivity index (χ2v) is 7.70. The van der Waals surface area contributed by atoms with Gasteiger partial charge >= 0.3 is 6.18 Å². The molecule has 3 rings (SSSR count). The number of nitrogens with one attached hydrogen (secondary N) is 2. The third-order valence-electron chi connectivity index (χ3n) is 3.92. The number of amides is 2. The number of alkyl halides is 3. The van der Waals surface area contributed by atoms with Gasteiger partial charge in [-0.05, 0) is 25.1 Å². The van der Waals surface area contributed by atoms with Gasteiger partial charge in [0.05, 0.1) is 22.8 Å². The number of hydrogen-bond acceptors (Lipinski definition) is 7. The summed E-state index contributed by atoms with van der Waals surface area (Å²) in [6.45, 7) is 1.67. The number of nitrogens with zero attached hydrogens (tertiary/aromatic N) is 3. The maximum atomic E-state index is 12.8. The summed E-state index contributed by atoms with van der Waals surface area (Å²) in [6.07, 6.45) is -2.13. The Hall–Kier alpha value is -3.25. The molecule has 3 aromatic rings. The van der Waals surface area contributed by atoms with Crippen molar-refractivity contribution >= 4 is 46.3 Å². The monoisotopic (exact) mass is 470 g/mol. The Bertz CT molecular complexity index is 1140. The van der Waals surface area contributed by atoms with E-state index >= 15 is 0 Å². The summed E-state index contributed by atoms with van der Waals surface area (Å²) in [5.41, 5.74) is 4.70. The van der Waals surface area contributed by atoms with Crippen LogP contribution in [0.4, 0.5) is 24.7 Å². The van der Waals surface area contributed by atoms with Crippen LogP contribution in [-0.4, -0.2) is 26.8 Å². The largest absolute Gasteiger partial charge is 0.417 e. The van der Waals surface area contributed by atoms with E-state index < -0.39 is 34.6 Å². The summed E-state index contributed by atoms with van der Waals surface area (Å²) in [7, 11) is 0. The highest BCUT2D eigenvalue weighted by atomic mass is 35.5. The Morgan fingerprint density at radius 1 is 1.16 bits per heavy atom. The number of anilines is 2. The van der Waals surface area contributed by atoms with Gasteiger partial charge < -0.3 is 16.4 Å². The zero-order valence-corrected chi connectivity index (χ0v) is 17.3. The minimum Gasteiger partial charge on any atom is -0.384 e. The van der Waals surface area contributed by atoms with Crippen molar-refractivity contribution in [2.24, 2.45) is 0 Å². The van der Waals surface area contributed by atoms with Crippen molar-refractivity contribution in [1.29, 1.82) is 0 Å². The van der Waals surface area contributed by atoms with Gasteiger partial charge in [0.25, 0.3) is 11.8 Å². The molecule has 31 heavy (non-hydrogen) atoms. The van der Waals surface area contributed by atoms with E-state index in [0.717, 1.165) is 35.9 Å². The molecule has 0 aliphatic carbocycles. The summed E-state index contributed by atoms with van der Waals surface area (Å²) in [4.78, 5) is 36.5. The zero-order valence-electron chi connectivity index (χ0n) is 15.7. The number of nitrogen functional groups attached to an aromatic ring is 1. The minimum absolute atomic E-state index is 0.0769. The van der Waals surface area contributed by atoms with Gasteiger partial charge in [-0.1, -0.05) is 11.6 Å². The third kappa shape index (κ3) is 5.47. The van der Waals surface area contributed by atoms with Crippen LogP contribution < -0.4 is 16.4 Å². The topological polar surface area (TPSA) is 123 Å². The van der Waals surface area contributed by atoms with Gasteiger partial charge in [-0.15, -0.1) is 11.3 Å². The van der Waals surface area contributed by atoms with Crippen molar-refractivity contribution in [2.75, 3.05) is 11.1 Å². The van der Waals surface area contributed by atoms with Gasteiger partial charge in [0.1, 0.15) is 27.7 Å². The SMILES string of the molecule is CC(NC(=O)c1cc(N)ncn1)c1ncc(C(=O)Nc2ccc(C(F)(F)F)c(Cl)c2)s1. The van der Waals surface area contributed by atoms with Crippen molar-refractivity contribution in [3.63, 3.8) is 0 Å². The highest BCUT2D eigenvalue weighted by molar-refractivity contribution is 7.13. The van der Waals surface area contributed by atoms with E-state index in [-0.39, 0.29) is 22.1 Å². The van der Waals surface area contributed by atoms with Gasteiger partial charge in [-0.25, -0.2) is 15.0 Å². The number of rotatable bonds is 5. The Labute approximate surface area is 182 Å². The van der Waals surface area contributed by atoms with E-state index in [2.05, 4.69) is 25.6 Å². The molecule has 0 bridgehead atoms. The van der Waals surface area contributed by atoms with Gasteiger partial charge in [0.15, 0.2) is 0 Å². The van der Waals surface area contributed by atoms with E-state index in [4.69, 9.17) is 17.3 Å². The Morgan fingerprint density at radius 3 is 2.55 bits per heavy atom. The van der Waals surface area contributed by atoms with Crippen LogP contribution >= 0.6 is 22.9 Å². The molecule has 2 aromatic heterocycles. The molecule has 0 fully saturated rings. The molecular formula is C18H14ClF3N6O2S. The normalized spacial score (nSPS) is 12.3. The van der Waals surface area contributed by atoms with E-state index in [0.29, 0.717) is 5.01 Å². The maximum absolute atomic E-state index is 12.8.